The lowest BCUT2D eigenvalue weighted by Gasteiger charge is -2.50. The standard InChI is InChI=1S/C18H27N3O2.HI/c1-3-13-7-5-8-14(11-13)20-17(19)21-15-12-16(22-4-2)18(15)9-6-10-23-18;/h5,7-8,11,15-16H,3-4,6,9-10,12H2,1-2H3,(H3,19,20,21);1H. The molecule has 0 radical (unpaired) electrons. The lowest BCUT2D eigenvalue weighted by atomic mass is 9.70. The highest BCUT2D eigenvalue weighted by Crippen LogP contribution is 2.47. The van der Waals surface area contributed by atoms with Gasteiger partial charge in [0.1, 0.15) is 5.60 Å². The van der Waals surface area contributed by atoms with Gasteiger partial charge in [-0.05, 0) is 43.9 Å². The molecule has 1 aliphatic carbocycles. The molecule has 5 nitrogen and oxygen atoms in total. The molecule has 1 aromatic carbocycles. The van der Waals surface area contributed by atoms with Crippen LogP contribution in [0.4, 0.5) is 5.69 Å². The Morgan fingerprint density at radius 2 is 2.29 bits per heavy atom. The quantitative estimate of drug-likeness (QED) is 0.415. The summed E-state index contributed by atoms with van der Waals surface area (Å²) in [6.07, 6.45) is 4.11. The Morgan fingerprint density at radius 1 is 1.46 bits per heavy atom. The molecule has 0 amide bonds. The number of ether oxygens (including phenoxy) is 2. The molecule has 1 aliphatic heterocycles. The lowest BCUT2D eigenvalue weighted by molar-refractivity contribution is -0.188. The molecule has 0 aromatic heterocycles. The summed E-state index contributed by atoms with van der Waals surface area (Å²) in [5.74, 6) is 0.452. The Hall–Kier alpha value is -0.860. The molecule has 1 aromatic rings. The lowest BCUT2D eigenvalue weighted by Crippen LogP contribution is -2.63. The van der Waals surface area contributed by atoms with E-state index in [9.17, 15) is 0 Å². The second kappa shape index (κ2) is 8.49. The van der Waals surface area contributed by atoms with E-state index in [4.69, 9.17) is 15.2 Å². The van der Waals surface area contributed by atoms with Gasteiger partial charge in [-0.2, -0.15) is 0 Å². The minimum absolute atomic E-state index is 0. The van der Waals surface area contributed by atoms with Gasteiger partial charge < -0.3 is 20.5 Å². The molecule has 3 rings (SSSR count). The molecular weight excluding hydrogens is 417 g/mol. The Bertz CT molecular complexity index is 573. The third-order valence-electron chi connectivity index (χ3n) is 4.90. The van der Waals surface area contributed by atoms with Gasteiger partial charge in [-0.3, -0.25) is 0 Å². The highest BCUT2D eigenvalue weighted by molar-refractivity contribution is 14.0. The summed E-state index contributed by atoms with van der Waals surface area (Å²) in [7, 11) is 0. The molecule has 3 N–H and O–H groups in total. The summed E-state index contributed by atoms with van der Waals surface area (Å²) in [6.45, 7) is 5.67. The molecule has 1 saturated carbocycles. The van der Waals surface area contributed by atoms with Crippen LogP contribution in [0.3, 0.4) is 0 Å². The van der Waals surface area contributed by atoms with E-state index in [-0.39, 0.29) is 41.7 Å². The van der Waals surface area contributed by atoms with Crippen molar-refractivity contribution in [3.05, 3.63) is 29.8 Å². The second-order valence-electron chi connectivity index (χ2n) is 6.30. The minimum atomic E-state index is -0.256. The van der Waals surface area contributed by atoms with Gasteiger partial charge in [0.15, 0.2) is 5.96 Å². The molecule has 3 unspecified atom stereocenters. The van der Waals surface area contributed by atoms with E-state index in [1.807, 2.05) is 19.1 Å². The van der Waals surface area contributed by atoms with Crippen LogP contribution in [0.1, 0.15) is 38.7 Å². The van der Waals surface area contributed by atoms with Crippen LogP contribution in [-0.2, 0) is 15.9 Å². The van der Waals surface area contributed by atoms with Gasteiger partial charge in [0.2, 0.25) is 0 Å². The molecule has 3 atom stereocenters. The third kappa shape index (κ3) is 3.86. The predicted octanol–water partition coefficient (Wildman–Crippen LogP) is 3.32. The first-order valence-corrected chi connectivity index (χ1v) is 8.62. The molecular formula is C18H28IN3O2. The average Bonchev–Trinajstić information content (AvgIpc) is 3.07. The van der Waals surface area contributed by atoms with Gasteiger partial charge in [-0.25, -0.2) is 4.99 Å². The van der Waals surface area contributed by atoms with Crippen molar-refractivity contribution in [1.29, 1.82) is 0 Å². The zero-order valence-electron chi connectivity index (χ0n) is 14.5. The van der Waals surface area contributed by atoms with E-state index in [0.29, 0.717) is 12.6 Å². The Morgan fingerprint density at radius 3 is 2.96 bits per heavy atom. The number of halogens is 1. The van der Waals surface area contributed by atoms with Crippen LogP contribution < -0.4 is 11.1 Å². The van der Waals surface area contributed by atoms with Crippen LogP contribution in [0.5, 0.6) is 0 Å². The number of guanidine groups is 1. The topological polar surface area (TPSA) is 68.9 Å². The number of aryl methyl sites for hydroxylation is 1. The number of rotatable bonds is 5. The first-order valence-electron chi connectivity index (χ1n) is 8.62. The molecule has 1 heterocycles. The van der Waals surface area contributed by atoms with Crippen molar-refractivity contribution in [3.8, 4) is 0 Å². The van der Waals surface area contributed by atoms with E-state index in [2.05, 4.69) is 29.4 Å². The largest absolute Gasteiger partial charge is 0.375 e. The molecule has 6 heteroatoms. The van der Waals surface area contributed by atoms with Gasteiger partial charge in [0.25, 0.3) is 0 Å². The number of aliphatic imine (C=N–C) groups is 1. The summed E-state index contributed by atoms with van der Waals surface area (Å²) >= 11 is 0. The zero-order chi connectivity index (χ0) is 16.3. The molecule has 2 fully saturated rings. The normalized spacial score (nSPS) is 29.2. The van der Waals surface area contributed by atoms with Crippen LogP contribution >= 0.6 is 24.0 Å². The van der Waals surface area contributed by atoms with Crippen molar-refractivity contribution in [2.75, 3.05) is 18.5 Å². The van der Waals surface area contributed by atoms with Crippen LogP contribution in [-0.4, -0.2) is 36.9 Å². The fourth-order valence-electron chi connectivity index (χ4n) is 3.64. The number of nitrogens with zero attached hydrogens (tertiary/aromatic N) is 1. The number of hydrogen-bond acceptors (Lipinski definition) is 3. The van der Waals surface area contributed by atoms with Crippen molar-refractivity contribution in [2.24, 2.45) is 10.7 Å². The first-order chi connectivity index (χ1) is 11.2. The Kier molecular flexibility index (Phi) is 6.88. The maximum absolute atomic E-state index is 6.12. The summed E-state index contributed by atoms with van der Waals surface area (Å²) in [6, 6.07) is 8.34. The summed E-state index contributed by atoms with van der Waals surface area (Å²) in [4.78, 5) is 4.68. The van der Waals surface area contributed by atoms with Gasteiger partial charge >= 0.3 is 0 Å². The smallest absolute Gasteiger partial charge is 0.193 e. The molecule has 1 spiro atoms. The number of anilines is 1. The first kappa shape index (κ1) is 19.5. The number of nitrogens with two attached hydrogens (primary N) is 1. The van der Waals surface area contributed by atoms with Crippen molar-refractivity contribution in [2.45, 2.75) is 57.3 Å². The predicted molar refractivity (Wildman–Crippen MR) is 108 cm³/mol. The minimum Gasteiger partial charge on any atom is -0.375 e. The van der Waals surface area contributed by atoms with Gasteiger partial charge in [-0.1, -0.05) is 19.1 Å². The monoisotopic (exact) mass is 445 g/mol. The molecule has 24 heavy (non-hydrogen) atoms. The third-order valence-corrected chi connectivity index (χ3v) is 4.90. The van der Waals surface area contributed by atoms with Gasteiger partial charge in [0.05, 0.1) is 12.1 Å². The highest BCUT2D eigenvalue weighted by Gasteiger charge is 2.59. The Balaban J connectivity index is 0.00000208. The summed E-state index contributed by atoms with van der Waals surface area (Å²) < 4.78 is 11.8. The van der Waals surface area contributed by atoms with Crippen LogP contribution in [0.15, 0.2) is 29.3 Å². The number of benzene rings is 1. The highest BCUT2D eigenvalue weighted by atomic mass is 127. The van der Waals surface area contributed by atoms with Gasteiger partial charge in [0, 0.05) is 25.3 Å². The van der Waals surface area contributed by atoms with Crippen LogP contribution in [0.25, 0.3) is 0 Å². The Labute approximate surface area is 161 Å². The molecule has 0 bridgehead atoms. The van der Waals surface area contributed by atoms with Crippen molar-refractivity contribution >= 4 is 35.6 Å². The number of nitrogens with one attached hydrogen (secondary N) is 1. The molecule has 2 aliphatic rings. The molecule has 1 saturated heterocycles. The fourth-order valence-corrected chi connectivity index (χ4v) is 3.64. The van der Waals surface area contributed by atoms with Gasteiger partial charge in [-0.15, -0.1) is 24.0 Å². The zero-order valence-corrected chi connectivity index (χ0v) is 16.8. The number of hydrogen-bond donors (Lipinski definition) is 2. The second-order valence-corrected chi connectivity index (χ2v) is 6.30. The van der Waals surface area contributed by atoms with E-state index in [0.717, 1.165) is 38.0 Å². The van der Waals surface area contributed by atoms with Crippen LogP contribution in [0.2, 0.25) is 0 Å². The van der Waals surface area contributed by atoms with E-state index >= 15 is 0 Å². The maximum atomic E-state index is 6.12. The summed E-state index contributed by atoms with van der Waals surface area (Å²) in [5.41, 5.74) is 8.12. The summed E-state index contributed by atoms with van der Waals surface area (Å²) in [5, 5.41) is 3.20. The SMILES string of the molecule is CCOC1CC(N=C(N)Nc2cccc(CC)c2)C12CCCO2.I. The average molecular weight is 445 g/mol. The van der Waals surface area contributed by atoms with Crippen molar-refractivity contribution in [3.63, 3.8) is 0 Å². The van der Waals surface area contributed by atoms with E-state index < -0.39 is 0 Å². The van der Waals surface area contributed by atoms with E-state index in [1.165, 1.54) is 5.56 Å². The fraction of sp³-hybridized carbons (Fsp3) is 0.611. The molecule has 134 valence electrons. The maximum Gasteiger partial charge on any atom is 0.193 e. The van der Waals surface area contributed by atoms with Crippen LogP contribution in [0, 0.1) is 0 Å². The van der Waals surface area contributed by atoms with Crippen molar-refractivity contribution < 1.29 is 9.47 Å². The van der Waals surface area contributed by atoms with E-state index in [1.54, 1.807) is 0 Å². The van der Waals surface area contributed by atoms with Crippen molar-refractivity contribution in [1.82, 2.24) is 0 Å².